The predicted molar refractivity (Wildman–Crippen MR) is 37.0 cm³/mol. The Morgan fingerprint density at radius 3 is 1.55 bits per heavy atom. The maximum absolute atomic E-state index is 9.47. The summed E-state index contributed by atoms with van der Waals surface area (Å²) in [5, 5.41) is 6.06. The summed E-state index contributed by atoms with van der Waals surface area (Å²) in [5.74, 6) is -0.333. The van der Waals surface area contributed by atoms with E-state index in [1.165, 1.54) is 0 Å². The molecule has 64 valence electrons. The third-order valence-electron chi connectivity index (χ3n) is 0.165. The molecule has 0 aromatic heterocycles. The first kappa shape index (κ1) is 12.1. The molecule has 0 rings (SSSR count). The summed E-state index contributed by atoms with van der Waals surface area (Å²) in [4.78, 5) is 9.47. The van der Waals surface area contributed by atoms with Crippen molar-refractivity contribution in [2.45, 2.75) is 0 Å². The highest BCUT2D eigenvalue weighted by Gasteiger charge is 1.80. The van der Waals surface area contributed by atoms with Crippen LogP contribution in [0.5, 0.6) is 0 Å². The molecule has 0 saturated carbocycles. The first-order valence-electron chi connectivity index (χ1n) is 2.06. The number of guanidine groups is 1. The quantitative estimate of drug-likeness (QED) is 0.249. The normalized spacial score (nSPS) is 6.91. The Kier molecular flexibility index (Phi) is 7.11. The molecule has 0 heterocycles. The van der Waals surface area contributed by atoms with E-state index in [1.54, 1.807) is 0 Å². The fourth-order valence-electron chi connectivity index (χ4n) is 0.0735. The smallest absolute Gasteiger partial charge is 0.353 e. The molecule has 0 atom stereocenters. The number of amides is 2. The second-order valence-corrected chi connectivity index (χ2v) is 1.72. The lowest BCUT2D eigenvalue weighted by molar-refractivity contribution is 0.257. The van der Waals surface area contributed by atoms with Crippen LogP contribution in [0.1, 0.15) is 0 Å². The lowest BCUT2D eigenvalue weighted by Crippen LogP contribution is -2.20. The third-order valence-corrected chi connectivity index (χ3v) is 0.494. The predicted octanol–water partition coefficient (Wildman–Crippen LogP) is -2.03. The average Bonchev–Trinajstić information content (AvgIpc) is 1.56. The molecule has 7 N–H and O–H groups in total. The highest BCUT2D eigenvalue weighted by atomic mass is 32.2. The first-order chi connectivity index (χ1) is 4.86. The molecule has 2 amide bonds. The van der Waals surface area contributed by atoms with Gasteiger partial charge >= 0.3 is 16.5 Å². The Balaban J connectivity index is 0. The van der Waals surface area contributed by atoms with E-state index in [0.29, 0.717) is 0 Å². The van der Waals surface area contributed by atoms with Gasteiger partial charge in [-0.1, -0.05) is 4.36 Å². The van der Waals surface area contributed by atoms with Crippen LogP contribution in [0.4, 0.5) is 4.79 Å². The molecule has 0 bridgehead atoms. The van der Waals surface area contributed by atoms with Crippen molar-refractivity contribution >= 4 is 22.5 Å². The van der Waals surface area contributed by atoms with Crippen molar-refractivity contribution in [3.63, 3.8) is 0 Å². The Morgan fingerprint density at radius 1 is 1.27 bits per heavy atom. The lowest BCUT2D eigenvalue weighted by Gasteiger charge is -1.69. The average molecular weight is 181 g/mol. The van der Waals surface area contributed by atoms with Gasteiger partial charge in [-0.3, -0.25) is 5.41 Å². The fourth-order valence-corrected chi connectivity index (χ4v) is 0.220. The van der Waals surface area contributed by atoms with Crippen LogP contribution in [0.25, 0.3) is 0 Å². The zero-order chi connectivity index (χ0) is 9.44. The van der Waals surface area contributed by atoms with Crippen molar-refractivity contribution in [3.05, 3.63) is 0 Å². The van der Waals surface area contributed by atoms with E-state index in [-0.39, 0.29) is 5.96 Å². The molecular weight excluding hydrogens is 174 g/mol. The van der Waals surface area contributed by atoms with Gasteiger partial charge in [0.15, 0.2) is 5.96 Å². The number of nitrogens with one attached hydrogen (secondary N) is 1. The summed E-state index contributed by atoms with van der Waals surface area (Å²) < 4.78 is 21.0. The number of rotatable bonds is 0. The number of carbonyl (C=O) groups is 1. The van der Waals surface area contributed by atoms with Crippen LogP contribution in [-0.4, -0.2) is 20.4 Å². The molecule has 0 fully saturated rings. The lowest BCUT2D eigenvalue weighted by atomic mass is 11.1. The zero-order valence-corrected chi connectivity index (χ0v) is 6.13. The highest BCUT2D eigenvalue weighted by molar-refractivity contribution is 7.62. The molecule has 0 saturated heterocycles. The SMILES string of the molecule is N=C(N)N.NC(=O)N=S(=O)=O. The van der Waals surface area contributed by atoms with Crippen LogP contribution in [-0.2, 0) is 10.5 Å². The van der Waals surface area contributed by atoms with Crippen molar-refractivity contribution in [1.82, 2.24) is 0 Å². The summed E-state index contributed by atoms with van der Waals surface area (Å²) in [6.45, 7) is 0. The van der Waals surface area contributed by atoms with Crippen LogP contribution in [0.15, 0.2) is 4.36 Å². The van der Waals surface area contributed by atoms with Crippen molar-refractivity contribution < 1.29 is 13.2 Å². The van der Waals surface area contributed by atoms with E-state index >= 15 is 0 Å². The van der Waals surface area contributed by atoms with Crippen molar-refractivity contribution in [1.29, 1.82) is 5.41 Å². The zero-order valence-electron chi connectivity index (χ0n) is 5.31. The summed E-state index contributed by atoms with van der Waals surface area (Å²) in [6, 6.07) is -1.20. The van der Waals surface area contributed by atoms with Gasteiger partial charge in [0.05, 0.1) is 0 Å². The number of primary amides is 1. The van der Waals surface area contributed by atoms with Crippen LogP contribution < -0.4 is 17.2 Å². The van der Waals surface area contributed by atoms with Gasteiger partial charge in [0.25, 0.3) is 0 Å². The maximum Gasteiger partial charge on any atom is 0.353 e. The molecule has 0 aromatic rings. The summed E-state index contributed by atoms with van der Waals surface area (Å²) in [5.41, 5.74) is 13.2. The standard InChI is InChI=1S/CH5N3.CH2N2O3S/c2-1(3)4;2-1(4)3-7(5)6/h(H5,2,3,4);(H2,2,4). The maximum atomic E-state index is 9.47. The summed E-state index contributed by atoms with van der Waals surface area (Å²) in [6.07, 6.45) is 0. The molecular formula is C2H7N5O3S. The van der Waals surface area contributed by atoms with Crippen LogP contribution in [0, 0.1) is 5.41 Å². The number of hydrogen-bond donors (Lipinski definition) is 4. The van der Waals surface area contributed by atoms with Gasteiger partial charge in [-0.15, -0.1) is 0 Å². The van der Waals surface area contributed by atoms with Crippen molar-refractivity contribution in [3.8, 4) is 0 Å². The highest BCUT2D eigenvalue weighted by Crippen LogP contribution is 1.60. The number of nitrogens with zero attached hydrogens (tertiary/aromatic N) is 1. The first-order valence-corrected chi connectivity index (χ1v) is 3.09. The van der Waals surface area contributed by atoms with Gasteiger partial charge in [0.2, 0.25) is 0 Å². The van der Waals surface area contributed by atoms with E-state index < -0.39 is 16.5 Å². The van der Waals surface area contributed by atoms with Gasteiger partial charge in [0.1, 0.15) is 0 Å². The molecule has 8 nitrogen and oxygen atoms in total. The monoisotopic (exact) mass is 181 g/mol. The minimum absolute atomic E-state index is 0.333. The van der Waals surface area contributed by atoms with Crippen LogP contribution in [0.3, 0.4) is 0 Å². The minimum atomic E-state index is -2.70. The van der Waals surface area contributed by atoms with E-state index in [1.807, 2.05) is 0 Å². The van der Waals surface area contributed by atoms with Crippen LogP contribution in [0.2, 0.25) is 0 Å². The number of hydrogen-bond acceptors (Lipinski definition) is 4. The van der Waals surface area contributed by atoms with Crippen molar-refractivity contribution in [2.24, 2.45) is 21.6 Å². The molecule has 11 heavy (non-hydrogen) atoms. The number of carbonyl (C=O) groups excluding carboxylic acids is 1. The van der Waals surface area contributed by atoms with E-state index in [2.05, 4.69) is 21.6 Å². The Labute approximate surface area is 63.6 Å². The summed E-state index contributed by atoms with van der Waals surface area (Å²) in [7, 11) is -2.70. The van der Waals surface area contributed by atoms with Gasteiger partial charge in [-0.05, 0) is 0 Å². The van der Waals surface area contributed by atoms with E-state index in [9.17, 15) is 13.2 Å². The molecule has 0 aliphatic heterocycles. The van der Waals surface area contributed by atoms with E-state index in [4.69, 9.17) is 5.41 Å². The summed E-state index contributed by atoms with van der Waals surface area (Å²) >= 11 is 0. The van der Waals surface area contributed by atoms with Crippen LogP contribution >= 0.6 is 0 Å². The number of nitrogens with two attached hydrogens (primary N) is 3. The molecule has 0 spiro atoms. The second kappa shape index (κ2) is 6.48. The van der Waals surface area contributed by atoms with E-state index in [0.717, 1.165) is 0 Å². The van der Waals surface area contributed by atoms with Gasteiger partial charge in [-0.25, -0.2) is 4.79 Å². The molecule has 0 aliphatic rings. The third kappa shape index (κ3) is 60.7. The molecule has 0 aromatic carbocycles. The number of urea groups is 1. The Morgan fingerprint density at radius 2 is 1.55 bits per heavy atom. The fraction of sp³-hybridized carbons (Fsp3) is 0. The van der Waals surface area contributed by atoms with Gasteiger partial charge < -0.3 is 17.2 Å². The van der Waals surface area contributed by atoms with Gasteiger partial charge in [0, 0.05) is 0 Å². The largest absolute Gasteiger partial charge is 0.370 e. The van der Waals surface area contributed by atoms with Crippen molar-refractivity contribution in [2.75, 3.05) is 0 Å². The molecule has 0 radical (unpaired) electrons. The molecule has 9 heteroatoms. The topological polar surface area (TPSA) is 165 Å². The second-order valence-electron chi connectivity index (χ2n) is 1.10. The van der Waals surface area contributed by atoms with Gasteiger partial charge in [-0.2, -0.15) is 8.42 Å². The molecule has 0 aliphatic carbocycles. The minimum Gasteiger partial charge on any atom is -0.370 e. The molecule has 0 unspecified atom stereocenters. The Hall–Kier alpha value is -1.64. The Bertz CT molecular complexity index is 253.